The SMILES string of the molecule is COc1cccc(-c2nnc(NC(=O)Nc3ccccc3F)s2)c1. The maximum Gasteiger partial charge on any atom is 0.325 e. The van der Waals surface area contributed by atoms with Crippen molar-refractivity contribution in [2.75, 3.05) is 17.7 Å². The molecule has 0 fully saturated rings. The standard InChI is InChI=1S/C16H13FN4O2S/c1-23-11-6-4-5-10(9-11)14-20-21-16(24-14)19-15(22)18-13-8-3-2-7-12(13)17/h2-9H,1H3,(H2,18,19,21,22). The molecular weight excluding hydrogens is 331 g/mol. The minimum Gasteiger partial charge on any atom is -0.497 e. The van der Waals surface area contributed by atoms with Crippen molar-refractivity contribution >= 4 is 28.2 Å². The van der Waals surface area contributed by atoms with Gasteiger partial charge in [0.25, 0.3) is 0 Å². The summed E-state index contributed by atoms with van der Waals surface area (Å²) in [6.07, 6.45) is 0. The highest BCUT2D eigenvalue weighted by atomic mass is 32.1. The molecule has 122 valence electrons. The number of aromatic nitrogens is 2. The smallest absolute Gasteiger partial charge is 0.325 e. The van der Waals surface area contributed by atoms with E-state index in [-0.39, 0.29) is 5.69 Å². The third-order valence-corrected chi connectivity index (χ3v) is 3.97. The molecule has 8 heteroatoms. The minimum atomic E-state index is -0.589. The summed E-state index contributed by atoms with van der Waals surface area (Å²) in [4.78, 5) is 11.9. The summed E-state index contributed by atoms with van der Waals surface area (Å²) < 4.78 is 18.7. The number of anilines is 2. The first-order valence-electron chi connectivity index (χ1n) is 6.96. The number of nitrogens with one attached hydrogen (secondary N) is 2. The molecule has 0 atom stereocenters. The molecule has 0 saturated heterocycles. The molecule has 2 N–H and O–H groups in total. The van der Waals surface area contributed by atoms with Crippen LogP contribution >= 0.6 is 11.3 Å². The zero-order chi connectivity index (χ0) is 16.9. The molecule has 0 unspecified atom stereocenters. The van der Waals surface area contributed by atoms with Gasteiger partial charge < -0.3 is 10.1 Å². The Morgan fingerprint density at radius 2 is 1.96 bits per heavy atom. The number of hydrogen-bond donors (Lipinski definition) is 2. The average Bonchev–Trinajstić information content (AvgIpc) is 3.05. The van der Waals surface area contributed by atoms with Gasteiger partial charge in [-0.2, -0.15) is 0 Å². The number of benzene rings is 2. The van der Waals surface area contributed by atoms with Crippen LogP contribution in [0.1, 0.15) is 0 Å². The van der Waals surface area contributed by atoms with Gasteiger partial charge in [0.2, 0.25) is 5.13 Å². The molecule has 0 saturated carbocycles. The second kappa shape index (κ2) is 7.05. The molecule has 2 amide bonds. The van der Waals surface area contributed by atoms with Crippen molar-refractivity contribution in [3.63, 3.8) is 0 Å². The molecule has 0 bridgehead atoms. The topological polar surface area (TPSA) is 76.1 Å². The van der Waals surface area contributed by atoms with Crippen LogP contribution in [0.2, 0.25) is 0 Å². The molecule has 0 radical (unpaired) electrons. The average molecular weight is 344 g/mol. The molecule has 1 heterocycles. The fourth-order valence-corrected chi connectivity index (χ4v) is 2.69. The highest BCUT2D eigenvalue weighted by Gasteiger charge is 2.11. The first-order valence-corrected chi connectivity index (χ1v) is 7.78. The number of halogens is 1. The number of methoxy groups -OCH3 is 1. The molecule has 3 rings (SSSR count). The quantitative estimate of drug-likeness (QED) is 0.750. The predicted octanol–water partition coefficient (Wildman–Crippen LogP) is 4.00. The van der Waals surface area contributed by atoms with Crippen LogP contribution in [-0.4, -0.2) is 23.3 Å². The fraction of sp³-hybridized carbons (Fsp3) is 0.0625. The number of carbonyl (C=O) groups excluding carboxylic acids is 1. The van der Waals surface area contributed by atoms with E-state index in [1.54, 1.807) is 19.2 Å². The third-order valence-electron chi connectivity index (χ3n) is 3.08. The van der Waals surface area contributed by atoms with Crippen LogP contribution < -0.4 is 15.4 Å². The maximum absolute atomic E-state index is 13.5. The Kier molecular flexibility index (Phi) is 4.66. The van der Waals surface area contributed by atoms with E-state index >= 15 is 0 Å². The van der Waals surface area contributed by atoms with E-state index in [0.29, 0.717) is 15.9 Å². The summed E-state index contributed by atoms with van der Waals surface area (Å²) in [5.41, 5.74) is 0.918. The largest absolute Gasteiger partial charge is 0.497 e. The Bertz CT molecular complexity index is 869. The molecule has 0 aliphatic rings. The highest BCUT2D eigenvalue weighted by Crippen LogP contribution is 2.28. The van der Waals surface area contributed by atoms with Crippen LogP contribution in [-0.2, 0) is 0 Å². The molecule has 2 aromatic carbocycles. The van der Waals surface area contributed by atoms with Crippen molar-refractivity contribution in [2.45, 2.75) is 0 Å². The van der Waals surface area contributed by atoms with Gasteiger partial charge in [0, 0.05) is 5.56 Å². The Morgan fingerprint density at radius 3 is 2.75 bits per heavy atom. The molecule has 6 nitrogen and oxygen atoms in total. The van der Waals surface area contributed by atoms with E-state index in [9.17, 15) is 9.18 Å². The van der Waals surface area contributed by atoms with Gasteiger partial charge in [0.1, 0.15) is 16.6 Å². The van der Waals surface area contributed by atoms with Gasteiger partial charge in [-0.05, 0) is 24.3 Å². The second-order valence-corrected chi connectivity index (χ2v) is 5.68. The molecule has 3 aromatic rings. The first-order chi connectivity index (χ1) is 11.7. The van der Waals surface area contributed by atoms with Crippen molar-refractivity contribution in [3.8, 4) is 16.3 Å². The van der Waals surface area contributed by atoms with E-state index in [2.05, 4.69) is 20.8 Å². The van der Waals surface area contributed by atoms with Crippen molar-refractivity contribution in [1.82, 2.24) is 10.2 Å². The monoisotopic (exact) mass is 344 g/mol. The summed E-state index contributed by atoms with van der Waals surface area (Å²) >= 11 is 1.20. The number of hydrogen-bond acceptors (Lipinski definition) is 5. The Morgan fingerprint density at radius 1 is 1.12 bits per heavy atom. The lowest BCUT2D eigenvalue weighted by molar-refractivity contribution is 0.262. The summed E-state index contributed by atoms with van der Waals surface area (Å²) in [5.74, 6) is 0.191. The number of urea groups is 1. The normalized spacial score (nSPS) is 10.2. The van der Waals surface area contributed by atoms with Gasteiger partial charge in [-0.1, -0.05) is 35.6 Å². The fourth-order valence-electron chi connectivity index (χ4n) is 1.96. The summed E-state index contributed by atoms with van der Waals surface area (Å²) in [7, 11) is 1.58. The Hall–Kier alpha value is -3.00. The zero-order valence-electron chi connectivity index (χ0n) is 12.6. The molecule has 1 aromatic heterocycles. The Labute approximate surface area is 141 Å². The van der Waals surface area contributed by atoms with Crippen LogP contribution in [0.15, 0.2) is 48.5 Å². The lowest BCUT2D eigenvalue weighted by Crippen LogP contribution is -2.19. The van der Waals surface area contributed by atoms with Crippen molar-refractivity contribution < 1.29 is 13.9 Å². The highest BCUT2D eigenvalue weighted by molar-refractivity contribution is 7.18. The number of ether oxygens (including phenoxy) is 1. The number of nitrogens with zero attached hydrogens (tertiary/aromatic N) is 2. The number of para-hydroxylation sites is 1. The Balaban J connectivity index is 1.69. The molecule has 0 spiro atoms. The van der Waals surface area contributed by atoms with E-state index in [1.807, 2.05) is 24.3 Å². The summed E-state index contributed by atoms with van der Waals surface area (Å²) in [6.45, 7) is 0. The summed E-state index contributed by atoms with van der Waals surface area (Å²) in [6, 6.07) is 12.7. The van der Waals surface area contributed by atoms with E-state index in [0.717, 1.165) is 5.56 Å². The number of carbonyl (C=O) groups is 1. The second-order valence-electron chi connectivity index (χ2n) is 4.70. The first kappa shape index (κ1) is 15.9. The van der Waals surface area contributed by atoms with Crippen LogP contribution in [0.3, 0.4) is 0 Å². The number of amides is 2. The molecule has 0 aliphatic heterocycles. The van der Waals surface area contributed by atoms with Crippen molar-refractivity contribution in [2.24, 2.45) is 0 Å². The molecule has 24 heavy (non-hydrogen) atoms. The van der Waals surface area contributed by atoms with Gasteiger partial charge in [0.05, 0.1) is 12.8 Å². The van der Waals surface area contributed by atoms with Gasteiger partial charge in [-0.25, -0.2) is 9.18 Å². The molecular formula is C16H13FN4O2S. The van der Waals surface area contributed by atoms with E-state index in [1.165, 1.54) is 23.5 Å². The van der Waals surface area contributed by atoms with Gasteiger partial charge in [-0.15, -0.1) is 10.2 Å². The molecule has 0 aliphatic carbocycles. The van der Waals surface area contributed by atoms with E-state index in [4.69, 9.17) is 4.74 Å². The third kappa shape index (κ3) is 3.66. The van der Waals surface area contributed by atoms with Gasteiger partial charge >= 0.3 is 6.03 Å². The summed E-state index contributed by atoms with van der Waals surface area (Å²) in [5, 5.41) is 13.8. The van der Waals surface area contributed by atoms with Crippen molar-refractivity contribution in [3.05, 3.63) is 54.3 Å². The van der Waals surface area contributed by atoms with Gasteiger partial charge in [0.15, 0.2) is 0 Å². The van der Waals surface area contributed by atoms with E-state index < -0.39 is 11.8 Å². The van der Waals surface area contributed by atoms with Crippen LogP contribution in [0.4, 0.5) is 20.0 Å². The van der Waals surface area contributed by atoms with Crippen LogP contribution in [0.5, 0.6) is 5.75 Å². The van der Waals surface area contributed by atoms with Crippen LogP contribution in [0.25, 0.3) is 10.6 Å². The van der Waals surface area contributed by atoms with Gasteiger partial charge in [-0.3, -0.25) is 5.32 Å². The van der Waals surface area contributed by atoms with Crippen LogP contribution in [0, 0.1) is 5.82 Å². The minimum absolute atomic E-state index is 0.0903. The maximum atomic E-state index is 13.5. The predicted molar refractivity (Wildman–Crippen MR) is 90.9 cm³/mol. The zero-order valence-corrected chi connectivity index (χ0v) is 13.4. The van der Waals surface area contributed by atoms with Crippen molar-refractivity contribution in [1.29, 1.82) is 0 Å². The number of rotatable bonds is 4. The lowest BCUT2D eigenvalue weighted by Gasteiger charge is -2.05. The lowest BCUT2D eigenvalue weighted by atomic mass is 10.2.